The number of aromatic hydroxyl groups is 1. The zero-order valence-electron chi connectivity index (χ0n) is 16.8. The van der Waals surface area contributed by atoms with Gasteiger partial charge in [0, 0.05) is 32.2 Å². The number of morpholine rings is 1. The molecule has 154 valence electrons. The van der Waals surface area contributed by atoms with E-state index in [0.29, 0.717) is 30.9 Å². The Morgan fingerprint density at radius 2 is 1.71 bits per heavy atom. The number of likely N-dealkylation sites (tertiary alicyclic amines) is 2. The fourth-order valence-corrected chi connectivity index (χ4v) is 4.88. The molecule has 6 nitrogen and oxygen atoms in total. The van der Waals surface area contributed by atoms with Gasteiger partial charge in [0.15, 0.2) is 0 Å². The lowest BCUT2D eigenvalue weighted by Gasteiger charge is -2.43. The number of amides is 1. The minimum absolute atomic E-state index is 0.168. The predicted octanol–water partition coefficient (Wildman–Crippen LogP) is 1.93. The van der Waals surface area contributed by atoms with Crippen molar-refractivity contribution in [3.8, 4) is 5.75 Å². The highest BCUT2D eigenvalue weighted by molar-refractivity contribution is 5.79. The topological polar surface area (TPSA) is 56.2 Å². The van der Waals surface area contributed by atoms with Crippen LogP contribution in [0, 0.1) is 5.92 Å². The van der Waals surface area contributed by atoms with Crippen molar-refractivity contribution in [1.82, 2.24) is 14.7 Å². The fourth-order valence-electron chi connectivity index (χ4n) is 4.88. The first-order valence-electron chi connectivity index (χ1n) is 10.8. The molecule has 1 aromatic carbocycles. The summed E-state index contributed by atoms with van der Waals surface area (Å²) in [7, 11) is 0. The molecule has 3 fully saturated rings. The van der Waals surface area contributed by atoms with Crippen LogP contribution in [0.2, 0.25) is 0 Å². The highest BCUT2D eigenvalue weighted by Crippen LogP contribution is 2.26. The van der Waals surface area contributed by atoms with Gasteiger partial charge in [0.05, 0.1) is 19.1 Å². The third-order valence-corrected chi connectivity index (χ3v) is 6.54. The average Bonchev–Trinajstić information content (AvgIpc) is 2.76. The maximum atomic E-state index is 12.9. The molecule has 0 saturated carbocycles. The van der Waals surface area contributed by atoms with E-state index in [4.69, 9.17) is 4.74 Å². The summed E-state index contributed by atoms with van der Waals surface area (Å²) in [5.41, 5.74) is 1.25. The molecule has 3 saturated heterocycles. The van der Waals surface area contributed by atoms with Gasteiger partial charge in [-0.3, -0.25) is 14.6 Å². The number of phenols is 1. The molecule has 0 bridgehead atoms. The molecule has 28 heavy (non-hydrogen) atoms. The molecule has 1 N–H and O–H groups in total. The highest BCUT2D eigenvalue weighted by Gasteiger charge is 2.33. The second-order valence-electron chi connectivity index (χ2n) is 8.45. The first-order valence-corrected chi connectivity index (χ1v) is 10.8. The number of hydrogen-bond donors (Lipinski definition) is 1. The third-order valence-electron chi connectivity index (χ3n) is 6.54. The number of rotatable bonds is 4. The van der Waals surface area contributed by atoms with E-state index in [1.54, 1.807) is 12.1 Å². The van der Waals surface area contributed by atoms with E-state index in [1.807, 2.05) is 17.0 Å². The number of nitrogens with zero attached hydrogens (tertiary/aromatic N) is 3. The first-order chi connectivity index (χ1) is 13.7. The molecule has 3 heterocycles. The standard InChI is InChI=1S/C22H33N3O3/c26-21-5-3-18(4-6-21)16-23-10-7-20(8-11-23)25-9-1-2-19(17-25)22(27)24-12-14-28-15-13-24/h3-6,19-20,26H,1-2,7-17H2/t19-/m1/s1. The minimum atomic E-state index is 0.168. The summed E-state index contributed by atoms with van der Waals surface area (Å²) < 4.78 is 5.39. The largest absolute Gasteiger partial charge is 0.508 e. The van der Waals surface area contributed by atoms with Gasteiger partial charge in [-0.2, -0.15) is 0 Å². The Morgan fingerprint density at radius 3 is 2.43 bits per heavy atom. The summed E-state index contributed by atoms with van der Waals surface area (Å²) in [6, 6.07) is 8.15. The van der Waals surface area contributed by atoms with Crippen LogP contribution in [0.1, 0.15) is 31.2 Å². The van der Waals surface area contributed by atoms with Crippen LogP contribution < -0.4 is 0 Å². The van der Waals surface area contributed by atoms with Gasteiger partial charge in [-0.05, 0) is 63.0 Å². The van der Waals surface area contributed by atoms with Gasteiger partial charge in [0.25, 0.3) is 0 Å². The number of benzene rings is 1. The Kier molecular flexibility index (Phi) is 6.50. The van der Waals surface area contributed by atoms with Crippen molar-refractivity contribution < 1.29 is 14.6 Å². The van der Waals surface area contributed by atoms with E-state index < -0.39 is 0 Å². The van der Waals surface area contributed by atoms with Gasteiger partial charge < -0.3 is 14.7 Å². The summed E-state index contributed by atoms with van der Waals surface area (Å²) >= 11 is 0. The van der Waals surface area contributed by atoms with Crippen molar-refractivity contribution in [2.45, 2.75) is 38.3 Å². The van der Waals surface area contributed by atoms with Crippen LogP contribution in [0.3, 0.4) is 0 Å². The highest BCUT2D eigenvalue weighted by atomic mass is 16.5. The quantitative estimate of drug-likeness (QED) is 0.856. The molecule has 3 aliphatic rings. The maximum absolute atomic E-state index is 12.9. The van der Waals surface area contributed by atoms with Gasteiger partial charge in [-0.15, -0.1) is 0 Å². The van der Waals surface area contributed by atoms with Crippen molar-refractivity contribution >= 4 is 5.91 Å². The van der Waals surface area contributed by atoms with E-state index in [2.05, 4.69) is 9.80 Å². The summed E-state index contributed by atoms with van der Waals surface area (Å²) in [5, 5.41) is 9.43. The number of piperidine rings is 2. The van der Waals surface area contributed by atoms with Crippen molar-refractivity contribution in [2.75, 3.05) is 52.5 Å². The molecular weight excluding hydrogens is 354 g/mol. The van der Waals surface area contributed by atoms with Crippen LogP contribution in [0.5, 0.6) is 5.75 Å². The molecule has 0 spiro atoms. The molecular formula is C22H33N3O3. The van der Waals surface area contributed by atoms with Crippen LogP contribution in [-0.2, 0) is 16.1 Å². The van der Waals surface area contributed by atoms with E-state index in [1.165, 1.54) is 18.4 Å². The lowest BCUT2D eigenvalue weighted by Crippen LogP contribution is -2.52. The summed E-state index contributed by atoms with van der Waals surface area (Å²) in [6.07, 6.45) is 4.52. The van der Waals surface area contributed by atoms with Crippen molar-refractivity contribution in [3.05, 3.63) is 29.8 Å². The van der Waals surface area contributed by atoms with Crippen LogP contribution >= 0.6 is 0 Å². The Morgan fingerprint density at radius 1 is 1.00 bits per heavy atom. The van der Waals surface area contributed by atoms with Crippen LogP contribution in [-0.4, -0.2) is 84.2 Å². The molecule has 0 aliphatic carbocycles. The number of hydrogen-bond acceptors (Lipinski definition) is 5. The number of carbonyl (C=O) groups excluding carboxylic acids is 1. The Balaban J connectivity index is 1.25. The van der Waals surface area contributed by atoms with Crippen LogP contribution in [0.4, 0.5) is 0 Å². The van der Waals surface area contributed by atoms with Crippen LogP contribution in [0.25, 0.3) is 0 Å². The number of ether oxygens (including phenoxy) is 1. The Bertz CT molecular complexity index is 637. The lowest BCUT2D eigenvalue weighted by atomic mass is 9.92. The summed E-state index contributed by atoms with van der Waals surface area (Å²) in [6.45, 7) is 8.09. The second-order valence-corrected chi connectivity index (χ2v) is 8.45. The monoisotopic (exact) mass is 387 g/mol. The predicted molar refractivity (Wildman–Crippen MR) is 108 cm³/mol. The van der Waals surface area contributed by atoms with Gasteiger partial charge in [0.1, 0.15) is 5.75 Å². The molecule has 6 heteroatoms. The van der Waals surface area contributed by atoms with E-state index >= 15 is 0 Å². The molecule has 3 aliphatic heterocycles. The molecule has 0 radical (unpaired) electrons. The molecule has 0 unspecified atom stereocenters. The zero-order valence-corrected chi connectivity index (χ0v) is 16.8. The van der Waals surface area contributed by atoms with Gasteiger partial charge in [-0.1, -0.05) is 12.1 Å². The number of phenolic OH excluding ortho intramolecular Hbond substituents is 1. The molecule has 4 rings (SSSR count). The SMILES string of the molecule is O=C([C@@H]1CCCN(C2CCN(Cc3ccc(O)cc3)CC2)C1)N1CCOCC1. The average molecular weight is 388 g/mol. The molecule has 0 aromatic heterocycles. The van der Waals surface area contributed by atoms with E-state index in [9.17, 15) is 9.90 Å². The summed E-state index contributed by atoms with van der Waals surface area (Å²) in [5.74, 6) is 0.841. The normalized spacial score (nSPS) is 25.7. The van der Waals surface area contributed by atoms with Gasteiger partial charge >= 0.3 is 0 Å². The van der Waals surface area contributed by atoms with E-state index in [0.717, 1.165) is 58.7 Å². The zero-order chi connectivity index (χ0) is 19.3. The molecule has 1 amide bonds. The van der Waals surface area contributed by atoms with Crippen LogP contribution in [0.15, 0.2) is 24.3 Å². The van der Waals surface area contributed by atoms with Gasteiger partial charge in [-0.25, -0.2) is 0 Å². The Hall–Kier alpha value is -1.63. The van der Waals surface area contributed by atoms with Gasteiger partial charge in [0.2, 0.25) is 5.91 Å². The first kappa shape index (κ1) is 19.7. The maximum Gasteiger partial charge on any atom is 0.227 e. The van der Waals surface area contributed by atoms with Crippen molar-refractivity contribution in [1.29, 1.82) is 0 Å². The second kappa shape index (κ2) is 9.25. The lowest BCUT2D eigenvalue weighted by molar-refractivity contribution is -0.142. The minimum Gasteiger partial charge on any atom is -0.508 e. The van der Waals surface area contributed by atoms with Crippen molar-refractivity contribution in [2.24, 2.45) is 5.92 Å². The fraction of sp³-hybridized carbons (Fsp3) is 0.682. The van der Waals surface area contributed by atoms with E-state index in [-0.39, 0.29) is 5.92 Å². The smallest absolute Gasteiger partial charge is 0.227 e. The summed E-state index contributed by atoms with van der Waals surface area (Å²) in [4.78, 5) is 20.0. The molecule has 1 aromatic rings. The van der Waals surface area contributed by atoms with Crippen molar-refractivity contribution in [3.63, 3.8) is 0 Å². The Labute approximate surface area is 168 Å². The third kappa shape index (κ3) is 4.85. The molecule has 1 atom stereocenters. The number of carbonyl (C=O) groups is 1.